The molecule has 0 aromatic heterocycles. The summed E-state index contributed by atoms with van der Waals surface area (Å²) in [6.45, 7) is 7.59. The van der Waals surface area contributed by atoms with E-state index in [0.29, 0.717) is 32.0 Å². The van der Waals surface area contributed by atoms with Crippen LogP contribution < -0.4 is 0 Å². The van der Waals surface area contributed by atoms with Gasteiger partial charge >= 0.3 is 0 Å². The van der Waals surface area contributed by atoms with Crippen LogP contribution in [0.1, 0.15) is 33.6 Å². The van der Waals surface area contributed by atoms with Crippen molar-refractivity contribution in [1.82, 2.24) is 9.80 Å². The van der Waals surface area contributed by atoms with Crippen molar-refractivity contribution in [2.24, 2.45) is 11.8 Å². The Balaban J connectivity index is 2.02. The molecule has 0 N–H and O–H groups in total. The van der Waals surface area contributed by atoms with Crippen LogP contribution in [-0.4, -0.2) is 67.2 Å². The summed E-state index contributed by atoms with van der Waals surface area (Å²) in [6, 6.07) is -0.225. The van der Waals surface area contributed by atoms with Crippen molar-refractivity contribution in [1.29, 1.82) is 0 Å². The molecule has 2 fully saturated rings. The minimum Gasteiger partial charge on any atom is -0.342 e. The van der Waals surface area contributed by atoms with E-state index >= 15 is 0 Å². The quantitative estimate of drug-likeness (QED) is 0.737. The van der Waals surface area contributed by atoms with Gasteiger partial charge in [-0.2, -0.15) is 0 Å². The second-order valence-corrected chi connectivity index (χ2v) is 9.00. The van der Waals surface area contributed by atoms with Crippen LogP contribution in [0, 0.1) is 11.8 Å². The Morgan fingerprint density at radius 2 is 2.09 bits per heavy atom. The van der Waals surface area contributed by atoms with Crippen molar-refractivity contribution in [2.45, 2.75) is 39.7 Å². The molecular weight excluding hydrogens is 304 g/mol. The van der Waals surface area contributed by atoms with E-state index in [4.69, 9.17) is 0 Å². The van der Waals surface area contributed by atoms with Gasteiger partial charge in [-0.1, -0.05) is 13.8 Å². The molecule has 2 amide bonds. The van der Waals surface area contributed by atoms with Crippen LogP contribution in [0.25, 0.3) is 0 Å². The summed E-state index contributed by atoms with van der Waals surface area (Å²) in [5.74, 6) is 0.230. The molecule has 7 heteroatoms. The van der Waals surface area contributed by atoms with Crippen molar-refractivity contribution in [3.8, 4) is 0 Å². The van der Waals surface area contributed by atoms with E-state index in [0.717, 1.165) is 0 Å². The van der Waals surface area contributed by atoms with E-state index in [-0.39, 0.29) is 41.7 Å². The third kappa shape index (κ3) is 3.80. The third-order valence-electron chi connectivity index (χ3n) is 4.42. The molecule has 2 unspecified atom stereocenters. The minimum absolute atomic E-state index is 0.0298. The zero-order valence-corrected chi connectivity index (χ0v) is 14.4. The first kappa shape index (κ1) is 17.2. The molecule has 0 spiro atoms. The highest BCUT2D eigenvalue weighted by Gasteiger charge is 2.40. The number of carbonyl (C=O) groups is 2. The van der Waals surface area contributed by atoms with Gasteiger partial charge in [-0.15, -0.1) is 0 Å². The summed E-state index contributed by atoms with van der Waals surface area (Å²) in [4.78, 5) is 28.1. The Morgan fingerprint density at radius 3 is 2.59 bits per heavy atom. The van der Waals surface area contributed by atoms with Crippen molar-refractivity contribution in [2.75, 3.05) is 31.1 Å². The predicted molar refractivity (Wildman–Crippen MR) is 84.0 cm³/mol. The van der Waals surface area contributed by atoms with Crippen LogP contribution in [0.2, 0.25) is 0 Å². The van der Waals surface area contributed by atoms with Crippen LogP contribution >= 0.6 is 0 Å². The molecule has 0 aromatic carbocycles. The van der Waals surface area contributed by atoms with Gasteiger partial charge in [-0.05, 0) is 19.3 Å². The first-order chi connectivity index (χ1) is 10.2. The molecule has 0 bridgehead atoms. The zero-order valence-electron chi connectivity index (χ0n) is 13.6. The number of hydrogen-bond acceptors (Lipinski definition) is 4. The Bertz CT molecular complexity index is 544. The first-order valence-corrected chi connectivity index (χ1v) is 9.84. The minimum atomic E-state index is -3.02. The summed E-state index contributed by atoms with van der Waals surface area (Å²) in [5, 5.41) is 0. The SMILES string of the molecule is CCN(C(=O)C1CC(=O)N(CC(C)C)C1)C1CCS(=O)(=O)C1. The summed E-state index contributed by atoms with van der Waals surface area (Å²) in [5.41, 5.74) is 0. The van der Waals surface area contributed by atoms with Crippen molar-refractivity contribution < 1.29 is 18.0 Å². The lowest BCUT2D eigenvalue weighted by atomic mass is 10.1. The number of hydrogen-bond donors (Lipinski definition) is 0. The van der Waals surface area contributed by atoms with Gasteiger partial charge in [0.25, 0.3) is 0 Å². The highest BCUT2D eigenvalue weighted by molar-refractivity contribution is 7.91. The second kappa shape index (κ2) is 6.56. The van der Waals surface area contributed by atoms with E-state index in [9.17, 15) is 18.0 Å². The van der Waals surface area contributed by atoms with Gasteiger partial charge < -0.3 is 9.80 Å². The molecule has 6 nitrogen and oxygen atoms in total. The fourth-order valence-electron chi connectivity index (χ4n) is 3.40. The Morgan fingerprint density at radius 1 is 1.41 bits per heavy atom. The topological polar surface area (TPSA) is 74.8 Å². The molecule has 0 saturated carbocycles. The van der Waals surface area contributed by atoms with Gasteiger partial charge in [0.1, 0.15) is 0 Å². The standard InChI is InChI=1S/C15H26N2O4S/c1-4-17(13-5-6-22(20,21)10-13)15(19)12-7-14(18)16(9-12)8-11(2)3/h11-13H,4-10H2,1-3H3. The molecule has 2 rings (SSSR count). The number of amides is 2. The molecule has 0 aliphatic carbocycles. The summed E-state index contributed by atoms with van der Waals surface area (Å²) < 4.78 is 23.3. The van der Waals surface area contributed by atoms with E-state index in [1.54, 1.807) is 9.80 Å². The predicted octanol–water partition coefficient (Wildman–Crippen LogP) is 0.527. The number of likely N-dealkylation sites (tertiary alicyclic amines) is 1. The highest BCUT2D eigenvalue weighted by Crippen LogP contribution is 2.25. The number of sulfone groups is 1. The normalized spacial score (nSPS) is 27.6. The lowest BCUT2D eigenvalue weighted by Gasteiger charge is -2.29. The maximum atomic E-state index is 12.7. The maximum Gasteiger partial charge on any atom is 0.228 e. The summed E-state index contributed by atoms with van der Waals surface area (Å²) in [6.07, 6.45) is 0.764. The van der Waals surface area contributed by atoms with Gasteiger partial charge in [0.05, 0.1) is 17.4 Å². The largest absolute Gasteiger partial charge is 0.342 e. The van der Waals surface area contributed by atoms with Gasteiger partial charge in [-0.3, -0.25) is 9.59 Å². The zero-order chi connectivity index (χ0) is 16.5. The summed E-state index contributed by atoms with van der Waals surface area (Å²) in [7, 11) is -3.02. The molecule has 22 heavy (non-hydrogen) atoms. The van der Waals surface area contributed by atoms with Gasteiger partial charge in [0.2, 0.25) is 11.8 Å². The maximum absolute atomic E-state index is 12.7. The van der Waals surface area contributed by atoms with Crippen LogP contribution in [0.5, 0.6) is 0 Å². The van der Waals surface area contributed by atoms with Gasteiger partial charge in [-0.25, -0.2) is 8.42 Å². The van der Waals surface area contributed by atoms with Crippen molar-refractivity contribution in [3.63, 3.8) is 0 Å². The number of rotatable bonds is 5. The third-order valence-corrected chi connectivity index (χ3v) is 6.17. The van der Waals surface area contributed by atoms with E-state index in [1.807, 2.05) is 20.8 Å². The second-order valence-electron chi connectivity index (χ2n) is 6.77. The number of carbonyl (C=O) groups excluding carboxylic acids is 2. The van der Waals surface area contributed by atoms with Crippen LogP contribution in [0.3, 0.4) is 0 Å². The average Bonchev–Trinajstić information content (AvgIpc) is 2.94. The van der Waals surface area contributed by atoms with Crippen LogP contribution in [0.15, 0.2) is 0 Å². The van der Waals surface area contributed by atoms with E-state index in [1.165, 1.54) is 0 Å². The van der Waals surface area contributed by atoms with Crippen molar-refractivity contribution in [3.05, 3.63) is 0 Å². The van der Waals surface area contributed by atoms with E-state index < -0.39 is 9.84 Å². The average molecular weight is 330 g/mol. The molecule has 126 valence electrons. The monoisotopic (exact) mass is 330 g/mol. The smallest absolute Gasteiger partial charge is 0.228 e. The molecule has 0 radical (unpaired) electrons. The van der Waals surface area contributed by atoms with Crippen LogP contribution in [0.4, 0.5) is 0 Å². The fraction of sp³-hybridized carbons (Fsp3) is 0.867. The Labute approximate surface area is 132 Å². The lowest BCUT2D eigenvalue weighted by molar-refractivity contribution is -0.137. The molecular formula is C15H26N2O4S. The fourth-order valence-corrected chi connectivity index (χ4v) is 5.14. The van der Waals surface area contributed by atoms with Gasteiger partial charge in [0, 0.05) is 32.1 Å². The lowest BCUT2D eigenvalue weighted by Crippen LogP contribution is -2.44. The molecule has 2 atom stereocenters. The number of nitrogens with zero attached hydrogens (tertiary/aromatic N) is 2. The molecule has 0 aromatic rings. The Kier molecular flexibility index (Phi) is 5.14. The van der Waals surface area contributed by atoms with Gasteiger partial charge in [0.15, 0.2) is 9.84 Å². The molecule has 2 aliphatic rings. The Hall–Kier alpha value is -1.11. The molecule has 2 saturated heterocycles. The van der Waals surface area contributed by atoms with E-state index in [2.05, 4.69) is 0 Å². The highest BCUT2D eigenvalue weighted by atomic mass is 32.2. The summed E-state index contributed by atoms with van der Waals surface area (Å²) >= 11 is 0. The van der Waals surface area contributed by atoms with Crippen molar-refractivity contribution >= 4 is 21.7 Å². The molecule has 2 heterocycles. The molecule has 2 aliphatic heterocycles. The first-order valence-electron chi connectivity index (χ1n) is 8.02. The van der Waals surface area contributed by atoms with Crippen LogP contribution in [-0.2, 0) is 19.4 Å².